The Bertz CT molecular complexity index is 792. The standard InChI is InChI=1S/C15H16N2O5/c1-17(2)8-16-13-12(14(18)21-4)10-7-9(20-3)5-6-11(10)22-15(13)19/h5-8H,1-4H3. The predicted octanol–water partition coefficient (Wildman–Crippen LogP) is 1.81. The molecule has 0 N–H and O–H groups in total. The van der Waals surface area contributed by atoms with Crippen LogP contribution in [0.15, 0.2) is 32.4 Å². The van der Waals surface area contributed by atoms with Gasteiger partial charge in [-0.3, -0.25) is 0 Å². The molecule has 0 fully saturated rings. The minimum absolute atomic E-state index is 0.0470. The van der Waals surface area contributed by atoms with Gasteiger partial charge in [-0.2, -0.15) is 0 Å². The Kier molecular flexibility index (Phi) is 4.45. The number of hydrogen-bond donors (Lipinski definition) is 0. The van der Waals surface area contributed by atoms with Crippen LogP contribution in [0.3, 0.4) is 0 Å². The monoisotopic (exact) mass is 304 g/mol. The second kappa shape index (κ2) is 6.30. The van der Waals surface area contributed by atoms with Gasteiger partial charge in [0.25, 0.3) is 0 Å². The van der Waals surface area contributed by atoms with E-state index in [1.54, 1.807) is 37.2 Å². The van der Waals surface area contributed by atoms with Crippen LogP contribution in [0.5, 0.6) is 5.75 Å². The lowest BCUT2D eigenvalue weighted by molar-refractivity contribution is 0.0603. The lowest BCUT2D eigenvalue weighted by Crippen LogP contribution is -2.12. The van der Waals surface area contributed by atoms with Crippen LogP contribution >= 0.6 is 0 Å². The molecule has 1 heterocycles. The smallest absolute Gasteiger partial charge is 0.363 e. The zero-order chi connectivity index (χ0) is 16.3. The molecule has 1 aromatic heterocycles. The largest absolute Gasteiger partial charge is 0.497 e. The van der Waals surface area contributed by atoms with Crippen molar-refractivity contribution >= 4 is 29.0 Å². The van der Waals surface area contributed by atoms with Gasteiger partial charge in [-0.1, -0.05) is 0 Å². The van der Waals surface area contributed by atoms with Crippen LogP contribution in [0.2, 0.25) is 0 Å². The number of ether oxygens (including phenoxy) is 2. The third-order valence-corrected chi connectivity index (χ3v) is 2.90. The van der Waals surface area contributed by atoms with Crippen molar-refractivity contribution in [3.8, 4) is 5.75 Å². The number of aliphatic imine (C=N–C) groups is 1. The van der Waals surface area contributed by atoms with Crippen molar-refractivity contribution in [3.05, 3.63) is 34.2 Å². The van der Waals surface area contributed by atoms with Gasteiger partial charge >= 0.3 is 11.6 Å². The van der Waals surface area contributed by atoms with E-state index in [-0.39, 0.29) is 16.8 Å². The first-order chi connectivity index (χ1) is 10.5. The number of rotatable bonds is 4. The van der Waals surface area contributed by atoms with E-state index < -0.39 is 11.6 Å². The second-order valence-electron chi connectivity index (χ2n) is 4.67. The van der Waals surface area contributed by atoms with E-state index in [1.807, 2.05) is 0 Å². The Balaban J connectivity index is 2.84. The highest BCUT2D eigenvalue weighted by atomic mass is 16.5. The molecule has 0 amide bonds. The Hall–Kier alpha value is -2.83. The fourth-order valence-corrected chi connectivity index (χ4v) is 1.90. The van der Waals surface area contributed by atoms with E-state index in [0.29, 0.717) is 11.1 Å². The molecule has 0 unspecified atom stereocenters. The lowest BCUT2D eigenvalue weighted by atomic mass is 10.1. The molecule has 0 aliphatic rings. The Morgan fingerprint density at radius 2 is 2.05 bits per heavy atom. The van der Waals surface area contributed by atoms with Crippen molar-refractivity contribution in [1.82, 2.24) is 4.90 Å². The van der Waals surface area contributed by atoms with Gasteiger partial charge in [-0.15, -0.1) is 0 Å². The topological polar surface area (TPSA) is 81.3 Å². The molecule has 0 aliphatic heterocycles. The van der Waals surface area contributed by atoms with Crippen LogP contribution in [-0.2, 0) is 4.74 Å². The van der Waals surface area contributed by atoms with Crippen LogP contribution in [0.1, 0.15) is 10.4 Å². The molecule has 7 nitrogen and oxygen atoms in total. The molecule has 0 radical (unpaired) electrons. The van der Waals surface area contributed by atoms with Gasteiger partial charge in [-0.25, -0.2) is 14.6 Å². The molecule has 0 saturated heterocycles. The maximum absolute atomic E-state index is 12.1. The van der Waals surface area contributed by atoms with Crippen molar-refractivity contribution in [2.24, 2.45) is 4.99 Å². The van der Waals surface area contributed by atoms with Crippen molar-refractivity contribution in [2.75, 3.05) is 28.3 Å². The van der Waals surface area contributed by atoms with Gasteiger partial charge in [-0.05, 0) is 18.2 Å². The molecule has 0 atom stereocenters. The summed E-state index contributed by atoms with van der Waals surface area (Å²) in [5, 5.41) is 0.400. The normalized spacial score (nSPS) is 10.9. The van der Waals surface area contributed by atoms with Crippen molar-refractivity contribution < 1.29 is 18.7 Å². The summed E-state index contributed by atoms with van der Waals surface area (Å²) in [7, 11) is 6.23. The van der Waals surface area contributed by atoms with Crippen LogP contribution in [-0.4, -0.2) is 45.5 Å². The van der Waals surface area contributed by atoms with Crippen LogP contribution in [0, 0.1) is 0 Å². The summed E-state index contributed by atoms with van der Waals surface area (Å²) >= 11 is 0. The molecule has 2 rings (SSSR count). The average molecular weight is 304 g/mol. The third kappa shape index (κ3) is 2.93. The molecular weight excluding hydrogens is 288 g/mol. The van der Waals surface area contributed by atoms with Gasteiger partial charge in [0.2, 0.25) is 0 Å². The SMILES string of the molecule is COC(=O)c1c(N=CN(C)C)c(=O)oc2ccc(OC)cc12. The molecule has 0 saturated carbocycles. The van der Waals surface area contributed by atoms with Crippen molar-refractivity contribution in [3.63, 3.8) is 0 Å². The summed E-state index contributed by atoms with van der Waals surface area (Å²) in [5.74, 6) is -0.147. The number of esters is 1. The number of nitrogens with zero attached hydrogens (tertiary/aromatic N) is 2. The molecular formula is C15H16N2O5. The number of carbonyl (C=O) groups excluding carboxylic acids is 1. The lowest BCUT2D eigenvalue weighted by Gasteiger charge is -2.09. The first kappa shape index (κ1) is 15.6. The fourth-order valence-electron chi connectivity index (χ4n) is 1.90. The summed E-state index contributed by atoms with van der Waals surface area (Å²) in [6.45, 7) is 0. The van der Waals surface area contributed by atoms with E-state index in [0.717, 1.165) is 0 Å². The van der Waals surface area contributed by atoms with Gasteiger partial charge in [0.05, 0.1) is 20.6 Å². The first-order valence-electron chi connectivity index (χ1n) is 6.41. The second-order valence-corrected chi connectivity index (χ2v) is 4.67. The summed E-state index contributed by atoms with van der Waals surface area (Å²) in [6.07, 6.45) is 1.41. The predicted molar refractivity (Wildman–Crippen MR) is 82.2 cm³/mol. The van der Waals surface area contributed by atoms with E-state index in [1.165, 1.54) is 20.6 Å². The molecule has 0 spiro atoms. The van der Waals surface area contributed by atoms with E-state index in [9.17, 15) is 9.59 Å². The Morgan fingerprint density at radius 3 is 2.64 bits per heavy atom. The van der Waals surface area contributed by atoms with Gasteiger partial charge in [0.1, 0.15) is 16.9 Å². The van der Waals surface area contributed by atoms with Gasteiger partial charge < -0.3 is 18.8 Å². The maximum Gasteiger partial charge on any atom is 0.363 e. The highest BCUT2D eigenvalue weighted by Crippen LogP contribution is 2.28. The molecule has 0 aliphatic carbocycles. The molecule has 22 heavy (non-hydrogen) atoms. The maximum atomic E-state index is 12.1. The number of benzene rings is 1. The van der Waals surface area contributed by atoms with Crippen LogP contribution in [0.25, 0.3) is 11.0 Å². The minimum Gasteiger partial charge on any atom is -0.497 e. The number of fused-ring (bicyclic) bond motifs is 1. The third-order valence-electron chi connectivity index (χ3n) is 2.90. The van der Waals surface area contributed by atoms with Crippen molar-refractivity contribution in [2.45, 2.75) is 0 Å². The average Bonchev–Trinajstić information content (AvgIpc) is 2.51. The highest BCUT2D eigenvalue weighted by Gasteiger charge is 2.21. The van der Waals surface area contributed by atoms with Crippen molar-refractivity contribution in [1.29, 1.82) is 0 Å². The minimum atomic E-state index is -0.712. The van der Waals surface area contributed by atoms with Crippen LogP contribution < -0.4 is 10.4 Å². The molecule has 7 heteroatoms. The number of carbonyl (C=O) groups is 1. The zero-order valence-electron chi connectivity index (χ0n) is 12.7. The number of hydrogen-bond acceptors (Lipinski definition) is 6. The molecule has 116 valence electrons. The Morgan fingerprint density at radius 1 is 1.32 bits per heavy atom. The summed E-state index contributed by atoms with van der Waals surface area (Å²) in [6, 6.07) is 4.79. The Labute approximate surface area is 126 Å². The quantitative estimate of drug-likeness (QED) is 0.371. The zero-order valence-corrected chi connectivity index (χ0v) is 12.7. The summed E-state index contributed by atoms with van der Waals surface area (Å²) in [4.78, 5) is 29.9. The highest BCUT2D eigenvalue weighted by molar-refractivity contribution is 6.07. The van der Waals surface area contributed by atoms with Gasteiger partial charge in [0.15, 0.2) is 5.69 Å². The number of methoxy groups -OCH3 is 2. The van der Waals surface area contributed by atoms with E-state index in [2.05, 4.69) is 4.99 Å². The van der Waals surface area contributed by atoms with E-state index in [4.69, 9.17) is 13.9 Å². The fraction of sp³-hybridized carbons (Fsp3) is 0.267. The first-order valence-corrected chi connectivity index (χ1v) is 6.41. The van der Waals surface area contributed by atoms with Gasteiger partial charge in [0, 0.05) is 19.5 Å². The molecule has 1 aromatic carbocycles. The van der Waals surface area contributed by atoms with E-state index >= 15 is 0 Å². The van der Waals surface area contributed by atoms with Crippen LogP contribution in [0.4, 0.5) is 5.69 Å². The summed E-state index contributed by atoms with van der Waals surface area (Å²) in [5.41, 5.74) is -0.516. The molecule has 2 aromatic rings. The molecule has 0 bridgehead atoms. The summed E-state index contributed by atoms with van der Waals surface area (Å²) < 4.78 is 15.1.